The number of aromatic hydroxyl groups is 1. The van der Waals surface area contributed by atoms with Gasteiger partial charge in [0.15, 0.2) is 0 Å². The van der Waals surface area contributed by atoms with Gasteiger partial charge in [-0.1, -0.05) is 6.92 Å². The first-order valence-corrected chi connectivity index (χ1v) is 5.51. The molecule has 82 valence electrons. The van der Waals surface area contributed by atoms with Crippen LogP contribution in [0.3, 0.4) is 0 Å². The smallest absolute Gasteiger partial charge is 0.247 e. The number of phenols is 1. The molecule has 0 aromatic heterocycles. The van der Waals surface area contributed by atoms with Crippen LogP contribution in [0.25, 0.3) is 0 Å². The molecular weight excluding hydrogens is 212 g/mol. The number of nitrogens with two attached hydrogens (primary N) is 1. The summed E-state index contributed by atoms with van der Waals surface area (Å²) in [4.78, 5) is 12.2. The maximum absolute atomic E-state index is 11.3. The molecule has 1 rings (SSSR count). The number of carbonyl (C=O) groups excluding carboxylic acids is 1. The van der Waals surface area contributed by atoms with E-state index in [9.17, 15) is 4.79 Å². The summed E-state index contributed by atoms with van der Waals surface area (Å²) < 4.78 is 0. The minimum atomic E-state index is -0.195. The van der Waals surface area contributed by atoms with E-state index in [4.69, 9.17) is 10.9 Å². The first-order chi connectivity index (χ1) is 7.17. The zero-order valence-electron chi connectivity index (χ0n) is 8.43. The van der Waals surface area contributed by atoms with Crippen LogP contribution in [0.4, 0.5) is 0 Å². The second-order valence-electron chi connectivity index (χ2n) is 3.02. The lowest BCUT2D eigenvalue weighted by atomic mass is 10.3. The molecule has 1 atom stereocenters. The van der Waals surface area contributed by atoms with Crippen LogP contribution in [0.2, 0.25) is 0 Å². The standard InChI is InChI=1S/C10H14N2O2S/c1-2-9(10(14)12-11)15-8-5-3-7(13)4-6-8/h3-6,9,13H,2,11H2,1H3,(H,12,14). The molecular formula is C10H14N2O2S. The molecule has 1 aromatic rings. The molecule has 5 heteroatoms. The summed E-state index contributed by atoms with van der Waals surface area (Å²) in [6.07, 6.45) is 0.703. The number of thioether (sulfide) groups is 1. The van der Waals surface area contributed by atoms with Gasteiger partial charge in [-0.05, 0) is 30.7 Å². The van der Waals surface area contributed by atoms with Crippen molar-refractivity contribution in [3.05, 3.63) is 24.3 Å². The van der Waals surface area contributed by atoms with Gasteiger partial charge in [0.1, 0.15) is 5.75 Å². The van der Waals surface area contributed by atoms with Crippen LogP contribution in [0.15, 0.2) is 29.2 Å². The van der Waals surface area contributed by atoms with Crippen molar-refractivity contribution in [2.24, 2.45) is 5.84 Å². The normalized spacial score (nSPS) is 12.1. The summed E-state index contributed by atoms with van der Waals surface area (Å²) in [6.45, 7) is 1.92. The Morgan fingerprint density at radius 2 is 2.13 bits per heavy atom. The van der Waals surface area contributed by atoms with E-state index < -0.39 is 0 Å². The number of hydrazine groups is 1. The molecule has 1 aromatic carbocycles. The molecule has 0 aliphatic heterocycles. The molecule has 15 heavy (non-hydrogen) atoms. The van der Waals surface area contributed by atoms with E-state index in [1.165, 1.54) is 11.8 Å². The van der Waals surface area contributed by atoms with Crippen molar-refractivity contribution in [3.63, 3.8) is 0 Å². The van der Waals surface area contributed by atoms with Gasteiger partial charge in [-0.15, -0.1) is 11.8 Å². The van der Waals surface area contributed by atoms with E-state index in [2.05, 4.69) is 5.43 Å². The van der Waals surface area contributed by atoms with Crippen LogP contribution < -0.4 is 11.3 Å². The zero-order chi connectivity index (χ0) is 11.3. The third kappa shape index (κ3) is 3.45. The molecule has 0 aliphatic rings. The Morgan fingerprint density at radius 3 is 2.60 bits per heavy atom. The van der Waals surface area contributed by atoms with E-state index >= 15 is 0 Å². The van der Waals surface area contributed by atoms with Crippen molar-refractivity contribution in [2.45, 2.75) is 23.5 Å². The van der Waals surface area contributed by atoms with Gasteiger partial charge < -0.3 is 5.11 Å². The number of nitrogens with one attached hydrogen (secondary N) is 1. The van der Waals surface area contributed by atoms with Gasteiger partial charge >= 0.3 is 0 Å². The zero-order valence-corrected chi connectivity index (χ0v) is 9.25. The van der Waals surface area contributed by atoms with Crippen molar-refractivity contribution in [2.75, 3.05) is 0 Å². The second kappa shape index (κ2) is 5.63. The first-order valence-electron chi connectivity index (χ1n) is 4.63. The van der Waals surface area contributed by atoms with Crippen LogP contribution >= 0.6 is 11.8 Å². The van der Waals surface area contributed by atoms with Crippen LogP contribution in [0.5, 0.6) is 5.75 Å². The Bertz CT molecular complexity index is 327. The number of carbonyl (C=O) groups is 1. The van der Waals surface area contributed by atoms with Gasteiger partial charge in [0.05, 0.1) is 5.25 Å². The highest BCUT2D eigenvalue weighted by atomic mass is 32.2. The highest BCUT2D eigenvalue weighted by Crippen LogP contribution is 2.26. The minimum absolute atomic E-state index is 0.185. The molecule has 4 N–H and O–H groups in total. The van der Waals surface area contributed by atoms with Crippen molar-refractivity contribution >= 4 is 17.7 Å². The molecule has 0 fully saturated rings. The van der Waals surface area contributed by atoms with E-state index in [0.717, 1.165) is 4.90 Å². The van der Waals surface area contributed by atoms with E-state index in [0.29, 0.717) is 6.42 Å². The molecule has 4 nitrogen and oxygen atoms in total. The number of phenolic OH excluding ortho intramolecular Hbond substituents is 1. The number of hydrogen-bond donors (Lipinski definition) is 3. The summed E-state index contributed by atoms with van der Waals surface area (Å²) in [5.41, 5.74) is 2.14. The van der Waals surface area contributed by atoms with Crippen LogP contribution in [-0.2, 0) is 4.79 Å². The Balaban J connectivity index is 2.66. The van der Waals surface area contributed by atoms with Gasteiger partial charge in [-0.3, -0.25) is 10.2 Å². The monoisotopic (exact) mass is 226 g/mol. The number of hydrogen-bond acceptors (Lipinski definition) is 4. The van der Waals surface area contributed by atoms with Crippen molar-refractivity contribution in [3.8, 4) is 5.75 Å². The van der Waals surface area contributed by atoms with Gasteiger partial charge in [-0.25, -0.2) is 5.84 Å². The summed E-state index contributed by atoms with van der Waals surface area (Å²) in [5, 5.41) is 8.90. The van der Waals surface area contributed by atoms with E-state index in [-0.39, 0.29) is 16.9 Å². The average molecular weight is 226 g/mol. The number of benzene rings is 1. The lowest BCUT2D eigenvalue weighted by Crippen LogP contribution is -2.37. The SMILES string of the molecule is CCC(Sc1ccc(O)cc1)C(=O)NN. The van der Waals surface area contributed by atoms with Gasteiger partial charge in [0.2, 0.25) is 5.91 Å². The average Bonchev–Trinajstić information content (AvgIpc) is 2.27. The predicted octanol–water partition coefficient (Wildman–Crippen LogP) is 1.25. The lowest BCUT2D eigenvalue weighted by Gasteiger charge is -2.12. The summed E-state index contributed by atoms with van der Waals surface area (Å²) in [6, 6.07) is 6.73. The van der Waals surface area contributed by atoms with Crippen LogP contribution in [0, 0.1) is 0 Å². The number of rotatable bonds is 4. The summed E-state index contributed by atoms with van der Waals surface area (Å²) in [7, 11) is 0. The first kappa shape index (κ1) is 11.9. The Labute approximate surface area is 92.8 Å². The molecule has 1 amide bonds. The molecule has 0 radical (unpaired) electrons. The predicted molar refractivity (Wildman–Crippen MR) is 60.4 cm³/mol. The number of amides is 1. The van der Waals surface area contributed by atoms with Crippen molar-refractivity contribution < 1.29 is 9.90 Å². The largest absolute Gasteiger partial charge is 0.508 e. The molecule has 0 spiro atoms. The van der Waals surface area contributed by atoms with Gasteiger partial charge in [0.25, 0.3) is 0 Å². The highest BCUT2D eigenvalue weighted by molar-refractivity contribution is 8.00. The fourth-order valence-electron chi connectivity index (χ4n) is 1.10. The van der Waals surface area contributed by atoms with Crippen LogP contribution in [0.1, 0.15) is 13.3 Å². The topological polar surface area (TPSA) is 75.3 Å². The van der Waals surface area contributed by atoms with Gasteiger partial charge in [0, 0.05) is 4.90 Å². The quantitative estimate of drug-likeness (QED) is 0.312. The molecule has 0 saturated heterocycles. The molecule has 0 bridgehead atoms. The van der Waals surface area contributed by atoms with Crippen molar-refractivity contribution in [1.29, 1.82) is 0 Å². The Kier molecular flexibility index (Phi) is 4.45. The Morgan fingerprint density at radius 1 is 1.53 bits per heavy atom. The van der Waals surface area contributed by atoms with E-state index in [1.807, 2.05) is 6.92 Å². The second-order valence-corrected chi connectivity index (χ2v) is 4.29. The van der Waals surface area contributed by atoms with Gasteiger partial charge in [-0.2, -0.15) is 0 Å². The summed E-state index contributed by atoms with van der Waals surface area (Å²) in [5.74, 6) is 5.11. The van der Waals surface area contributed by atoms with E-state index in [1.54, 1.807) is 24.3 Å². The molecule has 0 saturated carbocycles. The van der Waals surface area contributed by atoms with Crippen molar-refractivity contribution in [1.82, 2.24) is 5.43 Å². The van der Waals surface area contributed by atoms with Crippen LogP contribution in [-0.4, -0.2) is 16.3 Å². The summed E-state index contributed by atoms with van der Waals surface area (Å²) >= 11 is 1.43. The fourth-order valence-corrected chi connectivity index (χ4v) is 2.07. The Hall–Kier alpha value is -1.20. The molecule has 1 unspecified atom stereocenters. The molecule has 0 heterocycles. The highest BCUT2D eigenvalue weighted by Gasteiger charge is 2.16. The lowest BCUT2D eigenvalue weighted by molar-refractivity contribution is -0.120. The third-order valence-electron chi connectivity index (χ3n) is 1.92. The fraction of sp³-hybridized carbons (Fsp3) is 0.300. The maximum Gasteiger partial charge on any atom is 0.247 e. The third-order valence-corrected chi connectivity index (χ3v) is 3.30. The molecule has 0 aliphatic carbocycles. The maximum atomic E-state index is 11.3. The minimum Gasteiger partial charge on any atom is -0.508 e.